The molecule has 0 spiro atoms. The van der Waals surface area contributed by atoms with Gasteiger partial charge in [0, 0.05) is 19.1 Å². The Morgan fingerprint density at radius 3 is 2.72 bits per heavy atom. The lowest BCUT2D eigenvalue weighted by Crippen LogP contribution is -2.35. The largest absolute Gasteiger partial charge is 0.481 e. The summed E-state index contributed by atoms with van der Waals surface area (Å²) in [5.41, 5.74) is 2.46. The van der Waals surface area contributed by atoms with E-state index >= 15 is 0 Å². The van der Waals surface area contributed by atoms with Crippen molar-refractivity contribution in [2.24, 2.45) is 0 Å². The quantitative estimate of drug-likeness (QED) is 0.619. The van der Waals surface area contributed by atoms with E-state index in [0.29, 0.717) is 18.6 Å². The number of fused-ring (bicyclic) bond motifs is 2. The molecule has 9 nitrogen and oxygen atoms in total. The minimum atomic E-state index is -0.801. The molecule has 1 saturated heterocycles. The molecule has 0 radical (unpaired) electrons. The van der Waals surface area contributed by atoms with Gasteiger partial charge in [-0.1, -0.05) is 0 Å². The number of nitrogens with one attached hydrogen (secondary N) is 1. The summed E-state index contributed by atoms with van der Waals surface area (Å²) in [5, 5.41) is 9.15. The van der Waals surface area contributed by atoms with Crippen LogP contribution >= 0.6 is 0 Å². The van der Waals surface area contributed by atoms with Gasteiger partial charge in [0.2, 0.25) is 0 Å². The van der Waals surface area contributed by atoms with Gasteiger partial charge < -0.3 is 9.67 Å². The van der Waals surface area contributed by atoms with Gasteiger partial charge in [-0.2, -0.15) is 4.98 Å². The fourth-order valence-electron chi connectivity index (χ4n) is 4.13. The molecular weight excluding hydrogens is 374 g/mol. The molecule has 0 aliphatic carbocycles. The van der Waals surface area contributed by atoms with Gasteiger partial charge in [0.05, 0.1) is 17.5 Å². The van der Waals surface area contributed by atoms with Crippen molar-refractivity contribution >= 4 is 17.0 Å². The Labute approximate surface area is 166 Å². The average Bonchev–Trinajstić information content (AvgIpc) is 3.07. The third-order valence-electron chi connectivity index (χ3n) is 5.74. The van der Waals surface area contributed by atoms with E-state index in [1.54, 1.807) is 0 Å². The zero-order valence-corrected chi connectivity index (χ0v) is 16.4. The molecule has 0 saturated carbocycles. The molecule has 2 N–H and O–H groups in total. The number of aromatic nitrogens is 4. The third-order valence-corrected chi connectivity index (χ3v) is 5.74. The Morgan fingerprint density at radius 1 is 1.21 bits per heavy atom. The molecule has 9 heteroatoms. The summed E-state index contributed by atoms with van der Waals surface area (Å²) < 4.78 is 1.86. The van der Waals surface area contributed by atoms with E-state index in [4.69, 9.17) is 5.11 Å². The van der Waals surface area contributed by atoms with E-state index in [0.717, 1.165) is 36.0 Å². The highest BCUT2D eigenvalue weighted by Crippen LogP contribution is 2.25. The summed E-state index contributed by atoms with van der Waals surface area (Å²) in [6.45, 7) is 5.89. The van der Waals surface area contributed by atoms with E-state index in [1.165, 1.54) is 0 Å². The number of H-pyrrole nitrogens is 1. The van der Waals surface area contributed by atoms with Gasteiger partial charge in [0.25, 0.3) is 5.56 Å². The molecule has 152 valence electrons. The Balaban J connectivity index is 1.80. The molecule has 1 atom stereocenters. The number of carboxylic acid groups (broad SMARTS) is 1. The molecule has 3 aliphatic heterocycles. The molecule has 3 aliphatic rings. The Bertz CT molecular complexity index is 1180. The molecule has 1 aromatic rings. The van der Waals surface area contributed by atoms with Crippen LogP contribution in [0.2, 0.25) is 0 Å². The fraction of sp³-hybridized carbons (Fsp3) is 0.450. The van der Waals surface area contributed by atoms with Crippen LogP contribution in [0.3, 0.4) is 0 Å². The minimum absolute atomic E-state index is 0.00266. The van der Waals surface area contributed by atoms with Crippen LogP contribution in [0, 0.1) is 13.8 Å². The number of aliphatic carboxylic acids is 1. The van der Waals surface area contributed by atoms with Crippen LogP contribution in [-0.4, -0.2) is 54.6 Å². The highest BCUT2D eigenvalue weighted by atomic mass is 16.4. The maximum absolute atomic E-state index is 12.3. The molecule has 1 fully saturated rings. The van der Waals surface area contributed by atoms with Gasteiger partial charge >= 0.3 is 11.7 Å². The highest BCUT2D eigenvalue weighted by Gasteiger charge is 2.27. The van der Waals surface area contributed by atoms with Crippen molar-refractivity contribution in [3.05, 3.63) is 44.1 Å². The van der Waals surface area contributed by atoms with Gasteiger partial charge in [-0.3, -0.25) is 19.5 Å². The standard InChI is InChI=1S/C20H23N5O4/c1-11-8-14-15(9-12(11)2)25(18-17(21-14)19(28)23-20(29)22-18)7-6-24-5-3-4-13(24)10-16(26)27/h8-9,13H,3-7,10H2,1-2H3,(H,26,27)(H,23,28,29). The van der Waals surface area contributed by atoms with Crippen LogP contribution in [-0.2, 0) is 11.3 Å². The number of rotatable bonds is 5. The van der Waals surface area contributed by atoms with E-state index in [9.17, 15) is 14.4 Å². The van der Waals surface area contributed by atoms with Crippen molar-refractivity contribution in [2.45, 2.75) is 45.7 Å². The van der Waals surface area contributed by atoms with Crippen molar-refractivity contribution in [1.82, 2.24) is 24.4 Å². The summed E-state index contributed by atoms with van der Waals surface area (Å²) in [6.07, 6.45) is 1.93. The summed E-state index contributed by atoms with van der Waals surface area (Å²) in [7, 11) is 0. The summed E-state index contributed by atoms with van der Waals surface area (Å²) in [4.78, 5) is 48.2. The molecule has 1 aromatic carbocycles. The maximum Gasteiger partial charge on any atom is 0.349 e. The Hall–Kier alpha value is -3.07. The third kappa shape index (κ3) is 3.65. The van der Waals surface area contributed by atoms with Crippen LogP contribution in [0.1, 0.15) is 30.4 Å². The predicted octanol–water partition coefficient (Wildman–Crippen LogP) is 1.14. The van der Waals surface area contributed by atoms with E-state index in [2.05, 4.69) is 19.9 Å². The first kappa shape index (κ1) is 19.3. The topological polar surface area (TPSA) is 121 Å². The normalized spacial score (nSPS) is 17.4. The van der Waals surface area contributed by atoms with E-state index < -0.39 is 17.2 Å². The van der Waals surface area contributed by atoms with Gasteiger partial charge in [-0.05, 0) is 56.5 Å². The van der Waals surface area contributed by atoms with Gasteiger partial charge in [-0.25, -0.2) is 9.78 Å². The van der Waals surface area contributed by atoms with Crippen molar-refractivity contribution < 1.29 is 9.90 Å². The van der Waals surface area contributed by atoms with Crippen molar-refractivity contribution in [1.29, 1.82) is 0 Å². The zero-order chi connectivity index (χ0) is 20.7. The van der Waals surface area contributed by atoms with Crippen molar-refractivity contribution in [3.63, 3.8) is 0 Å². The van der Waals surface area contributed by atoms with Crippen LogP contribution in [0.25, 0.3) is 22.6 Å². The number of aromatic amines is 1. The second-order valence-corrected chi connectivity index (χ2v) is 7.66. The molecule has 0 amide bonds. The summed E-state index contributed by atoms with van der Waals surface area (Å²) in [5.74, 6) is -0.548. The SMILES string of the molecule is Cc1cc2nc3c(=O)[nH]c(=O)nc-3n(CCN3CCCC3CC(=O)O)c2cc1C. The average molecular weight is 397 g/mol. The number of carbonyl (C=O) groups is 1. The summed E-state index contributed by atoms with van der Waals surface area (Å²) >= 11 is 0. The van der Waals surface area contributed by atoms with Crippen LogP contribution in [0.15, 0.2) is 21.7 Å². The second kappa shape index (κ2) is 7.40. The predicted molar refractivity (Wildman–Crippen MR) is 107 cm³/mol. The molecule has 4 rings (SSSR count). The van der Waals surface area contributed by atoms with Crippen molar-refractivity contribution in [3.8, 4) is 11.5 Å². The lowest BCUT2D eigenvalue weighted by molar-refractivity contribution is -0.138. The first-order valence-electron chi connectivity index (χ1n) is 9.71. The first-order chi connectivity index (χ1) is 13.8. The highest BCUT2D eigenvalue weighted by molar-refractivity contribution is 5.81. The lowest BCUT2D eigenvalue weighted by atomic mass is 10.1. The molecular formula is C20H23N5O4. The van der Waals surface area contributed by atoms with Crippen LogP contribution in [0.4, 0.5) is 0 Å². The van der Waals surface area contributed by atoms with Crippen LogP contribution in [0.5, 0.6) is 0 Å². The lowest BCUT2D eigenvalue weighted by Gasteiger charge is -2.25. The van der Waals surface area contributed by atoms with Gasteiger partial charge in [0.1, 0.15) is 0 Å². The fourth-order valence-corrected chi connectivity index (χ4v) is 4.13. The molecule has 3 heterocycles. The Morgan fingerprint density at radius 2 is 1.97 bits per heavy atom. The number of likely N-dealkylation sites (tertiary alicyclic amines) is 1. The summed E-state index contributed by atoms with van der Waals surface area (Å²) in [6, 6.07) is 3.92. The zero-order valence-electron chi connectivity index (χ0n) is 16.4. The monoisotopic (exact) mass is 397 g/mol. The molecule has 1 unspecified atom stereocenters. The number of carboxylic acids is 1. The van der Waals surface area contributed by atoms with E-state index in [-0.39, 0.29) is 24.0 Å². The van der Waals surface area contributed by atoms with Gasteiger partial charge in [-0.15, -0.1) is 0 Å². The number of hydrogen-bond acceptors (Lipinski definition) is 6. The van der Waals surface area contributed by atoms with Gasteiger partial charge in [0.15, 0.2) is 11.5 Å². The second-order valence-electron chi connectivity index (χ2n) is 7.66. The van der Waals surface area contributed by atoms with Crippen molar-refractivity contribution in [2.75, 3.05) is 13.1 Å². The number of nitrogens with zero attached hydrogens (tertiary/aromatic N) is 4. The van der Waals surface area contributed by atoms with Crippen LogP contribution < -0.4 is 11.2 Å². The minimum Gasteiger partial charge on any atom is -0.481 e. The maximum atomic E-state index is 12.3. The molecule has 29 heavy (non-hydrogen) atoms. The number of aryl methyl sites for hydroxylation is 2. The first-order valence-corrected chi connectivity index (χ1v) is 9.71. The Kier molecular flexibility index (Phi) is 4.91. The van der Waals surface area contributed by atoms with E-state index in [1.807, 2.05) is 30.5 Å². The molecule has 0 bridgehead atoms. The number of hydrogen-bond donors (Lipinski definition) is 2. The smallest absolute Gasteiger partial charge is 0.349 e. The number of benzene rings is 1. The molecule has 0 aromatic heterocycles.